The largest absolute Gasteiger partial charge is 0.484 e. The normalized spacial score (nSPS) is 10.6. The number of ether oxygens (including phenoxy) is 1. The molecule has 0 spiro atoms. The molecule has 0 unspecified atom stereocenters. The molecule has 0 saturated carbocycles. The molecule has 1 heterocycles. The van der Waals surface area contributed by atoms with Crippen LogP contribution in [0.2, 0.25) is 0 Å². The van der Waals surface area contributed by atoms with Crippen LogP contribution in [0.3, 0.4) is 0 Å². The van der Waals surface area contributed by atoms with Crippen molar-refractivity contribution in [2.24, 2.45) is 0 Å². The quantitative estimate of drug-likeness (QED) is 0.721. The highest BCUT2D eigenvalue weighted by molar-refractivity contribution is 5.55. The Balaban J connectivity index is 1.69. The molecule has 2 aromatic carbocycles. The molecule has 1 aromatic heterocycles. The van der Waals surface area contributed by atoms with E-state index in [1.54, 1.807) is 24.3 Å². The number of nitrogens with zero attached hydrogens (tertiary/aromatic N) is 1. The summed E-state index contributed by atoms with van der Waals surface area (Å²) in [6.07, 6.45) is 1.54. The molecule has 0 aliphatic heterocycles. The molecule has 0 bridgehead atoms. The minimum atomic E-state index is -0.369. The lowest BCUT2D eigenvalue weighted by Crippen LogP contribution is -1.95. The molecular formula is C16H11F2NO2. The van der Waals surface area contributed by atoms with Gasteiger partial charge in [0.1, 0.15) is 17.4 Å². The molecule has 0 radical (unpaired) electrons. The van der Waals surface area contributed by atoms with Crippen LogP contribution in [0.1, 0.15) is 5.89 Å². The first-order valence-electron chi connectivity index (χ1n) is 6.30. The van der Waals surface area contributed by atoms with Crippen LogP contribution in [-0.4, -0.2) is 4.98 Å². The first-order valence-corrected chi connectivity index (χ1v) is 6.30. The average molecular weight is 287 g/mol. The maximum atomic E-state index is 13.0. The second kappa shape index (κ2) is 5.75. The third-order valence-corrected chi connectivity index (χ3v) is 2.84. The molecule has 3 nitrogen and oxygen atoms in total. The van der Waals surface area contributed by atoms with Crippen LogP contribution in [0, 0.1) is 11.6 Å². The van der Waals surface area contributed by atoms with Gasteiger partial charge in [0.25, 0.3) is 0 Å². The molecule has 0 atom stereocenters. The summed E-state index contributed by atoms with van der Waals surface area (Å²) >= 11 is 0. The van der Waals surface area contributed by atoms with Gasteiger partial charge in [-0.2, -0.15) is 0 Å². The minimum Gasteiger partial charge on any atom is -0.484 e. The van der Waals surface area contributed by atoms with Gasteiger partial charge < -0.3 is 9.15 Å². The zero-order valence-electron chi connectivity index (χ0n) is 10.9. The smallest absolute Gasteiger partial charge is 0.232 e. The maximum absolute atomic E-state index is 13.0. The summed E-state index contributed by atoms with van der Waals surface area (Å²) in [5.41, 5.74) is 0.723. The molecule has 5 heteroatoms. The van der Waals surface area contributed by atoms with Crippen molar-refractivity contribution >= 4 is 0 Å². The van der Waals surface area contributed by atoms with Crippen molar-refractivity contribution < 1.29 is 17.9 Å². The van der Waals surface area contributed by atoms with Gasteiger partial charge in [-0.15, -0.1) is 0 Å². The van der Waals surface area contributed by atoms with Crippen LogP contribution < -0.4 is 4.74 Å². The molecule has 0 aliphatic rings. The van der Waals surface area contributed by atoms with Gasteiger partial charge in [0.2, 0.25) is 5.89 Å². The monoisotopic (exact) mass is 287 g/mol. The molecule has 0 aliphatic carbocycles. The molecule has 3 rings (SSSR count). The Kier molecular flexibility index (Phi) is 3.64. The molecular weight excluding hydrogens is 276 g/mol. The van der Waals surface area contributed by atoms with E-state index in [9.17, 15) is 8.78 Å². The number of benzene rings is 2. The Hall–Kier alpha value is -2.69. The van der Waals surface area contributed by atoms with Gasteiger partial charge in [-0.1, -0.05) is 6.07 Å². The Morgan fingerprint density at radius 2 is 1.81 bits per heavy atom. The number of halogens is 2. The van der Waals surface area contributed by atoms with Crippen molar-refractivity contribution in [3.63, 3.8) is 0 Å². The second-order valence-corrected chi connectivity index (χ2v) is 4.37. The zero-order valence-corrected chi connectivity index (χ0v) is 10.9. The van der Waals surface area contributed by atoms with Crippen molar-refractivity contribution in [3.8, 4) is 17.1 Å². The number of oxazole rings is 1. The maximum Gasteiger partial charge on any atom is 0.232 e. The summed E-state index contributed by atoms with van der Waals surface area (Å²) in [6.45, 7) is 0.0879. The second-order valence-electron chi connectivity index (χ2n) is 4.37. The van der Waals surface area contributed by atoms with Crippen LogP contribution >= 0.6 is 0 Å². The average Bonchev–Trinajstić information content (AvgIpc) is 2.95. The highest BCUT2D eigenvalue weighted by Crippen LogP contribution is 2.21. The fourth-order valence-corrected chi connectivity index (χ4v) is 1.83. The minimum absolute atomic E-state index is 0.0879. The topological polar surface area (TPSA) is 35.3 Å². The highest BCUT2D eigenvalue weighted by atomic mass is 19.1. The van der Waals surface area contributed by atoms with Crippen molar-refractivity contribution in [2.75, 3.05) is 0 Å². The first-order chi connectivity index (χ1) is 10.2. The molecule has 0 fully saturated rings. The van der Waals surface area contributed by atoms with Crippen molar-refractivity contribution in [2.45, 2.75) is 6.61 Å². The van der Waals surface area contributed by atoms with Crippen LogP contribution in [0.15, 0.2) is 59.1 Å². The predicted molar refractivity (Wildman–Crippen MR) is 72.6 cm³/mol. The summed E-state index contributed by atoms with van der Waals surface area (Å²) in [6, 6.07) is 11.7. The van der Waals surface area contributed by atoms with Gasteiger partial charge in [0, 0.05) is 11.6 Å². The van der Waals surface area contributed by atoms with Crippen LogP contribution in [0.25, 0.3) is 11.3 Å². The summed E-state index contributed by atoms with van der Waals surface area (Å²) in [7, 11) is 0. The van der Waals surface area contributed by atoms with E-state index in [2.05, 4.69) is 4.98 Å². The van der Waals surface area contributed by atoms with Gasteiger partial charge >= 0.3 is 0 Å². The van der Waals surface area contributed by atoms with Crippen LogP contribution in [0.5, 0.6) is 5.75 Å². The van der Waals surface area contributed by atoms with Gasteiger partial charge in [-0.25, -0.2) is 13.8 Å². The third-order valence-electron chi connectivity index (χ3n) is 2.84. The summed E-state index contributed by atoms with van der Waals surface area (Å²) in [5, 5.41) is 0. The van der Waals surface area contributed by atoms with Gasteiger partial charge in [0.15, 0.2) is 12.4 Å². The van der Waals surface area contributed by atoms with E-state index in [0.29, 0.717) is 17.4 Å². The SMILES string of the molecule is Fc1ccc(-c2cnc(COc3cccc(F)c3)o2)cc1. The van der Waals surface area contributed by atoms with Crippen molar-refractivity contribution in [3.05, 3.63) is 72.3 Å². The van der Waals surface area contributed by atoms with E-state index in [-0.39, 0.29) is 18.2 Å². The standard InChI is InChI=1S/C16H11F2NO2/c17-12-6-4-11(5-7-12)15-9-19-16(21-15)10-20-14-3-1-2-13(18)8-14/h1-9H,10H2. The Bertz CT molecular complexity index is 738. The third kappa shape index (κ3) is 3.25. The summed E-state index contributed by atoms with van der Waals surface area (Å²) in [4.78, 5) is 4.07. The zero-order chi connectivity index (χ0) is 14.7. The van der Waals surface area contributed by atoms with E-state index in [1.165, 1.54) is 30.5 Å². The molecule has 0 amide bonds. The lowest BCUT2D eigenvalue weighted by Gasteiger charge is -2.03. The van der Waals surface area contributed by atoms with E-state index in [1.807, 2.05) is 0 Å². The van der Waals surface area contributed by atoms with E-state index in [0.717, 1.165) is 5.56 Å². The van der Waals surface area contributed by atoms with Crippen LogP contribution in [0.4, 0.5) is 8.78 Å². The van der Waals surface area contributed by atoms with E-state index >= 15 is 0 Å². The lowest BCUT2D eigenvalue weighted by atomic mass is 10.2. The number of hydrogen-bond donors (Lipinski definition) is 0. The number of aromatic nitrogens is 1. The van der Waals surface area contributed by atoms with Gasteiger partial charge in [-0.05, 0) is 36.4 Å². The lowest BCUT2D eigenvalue weighted by molar-refractivity contribution is 0.263. The molecule has 3 aromatic rings. The predicted octanol–water partition coefficient (Wildman–Crippen LogP) is 4.20. The van der Waals surface area contributed by atoms with Crippen molar-refractivity contribution in [1.82, 2.24) is 4.98 Å². The highest BCUT2D eigenvalue weighted by Gasteiger charge is 2.07. The molecule has 0 N–H and O–H groups in total. The number of hydrogen-bond acceptors (Lipinski definition) is 3. The molecule has 106 valence electrons. The summed E-state index contributed by atoms with van der Waals surface area (Å²) < 4.78 is 36.7. The molecule has 21 heavy (non-hydrogen) atoms. The fraction of sp³-hybridized carbons (Fsp3) is 0.0625. The fourth-order valence-electron chi connectivity index (χ4n) is 1.83. The number of rotatable bonds is 4. The van der Waals surface area contributed by atoms with Crippen LogP contribution in [-0.2, 0) is 6.61 Å². The Morgan fingerprint density at radius 3 is 2.57 bits per heavy atom. The van der Waals surface area contributed by atoms with E-state index in [4.69, 9.17) is 9.15 Å². The Labute approximate surface area is 119 Å². The van der Waals surface area contributed by atoms with Gasteiger partial charge in [0.05, 0.1) is 6.20 Å². The first kappa shape index (κ1) is 13.3. The Morgan fingerprint density at radius 1 is 1.00 bits per heavy atom. The van der Waals surface area contributed by atoms with Gasteiger partial charge in [-0.3, -0.25) is 0 Å². The van der Waals surface area contributed by atoms with Crippen molar-refractivity contribution in [1.29, 1.82) is 0 Å². The molecule has 0 saturated heterocycles. The summed E-state index contributed by atoms with van der Waals surface area (Å²) in [5.74, 6) is 0.600. The van der Waals surface area contributed by atoms with E-state index < -0.39 is 0 Å².